The molecular weight excluding hydrogens is 277 g/mol. The summed E-state index contributed by atoms with van der Waals surface area (Å²) in [6, 6.07) is 0. The van der Waals surface area contributed by atoms with Crippen LogP contribution in [0.3, 0.4) is 0 Å². The SMILES string of the molecule is N.N.N.N.N.[Cl-].[Cl-].[Cl-].[Ru]. The van der Waals surface area contributed by atoms with Crippen LogP contribution in [0.4, 0.5) is 0 Å². The van der Waals surface area contributed by atoms with Gasteiger partial charge in [0.05, 0.1) is 0 Å². The third-order valence-corrected chi connectivity index (χ3v) is 0. The van der Waals surface area contributed by atoms with Crippen LogP contribution >= 0.6 is 0 Å². The van der Waals surface area contributed by atoms with Crippen LogP contribution in [0.5, 0.6) is 0 Å². The smallest absolute Gasteiger partial charge is 0 e. The average molecular weight is 293 g/mol. The van der Waals surface area contributed by atoms with Crippen molar-refractivity contribution < 1.29 is 56.7 Å². The molecule has 0 bridgehead atoms. The molecule has 9 heteroatoms. The molecule has 0 saturated heterocycles. The van der Waals surface area contributed by atoms with E-state index in [2.05, 4.69) is 0 Å². The number of hydrogen-bond acceptors (Lipinski definition) is 5. The first kappa shape index (κ1) is 531. The van der Waals surface area contributed by atoms with E-state index in [1.807, 2.05) is 0 Å². The Labute approximate surface area is 87.4 Å². The zero-order valence-electron chi connectivity index (χ0n) is 5.02. The van der Waals surface area contributed by atoms with E-state index in [0.717, 1.165) is 0 Å². The van der Waals surface area contributed by atoms with Gasteiger partial charge in [-0.2, -0.15) is 0 Å². The van der Waals surface area contributed by atoms with Crippen LogP contribution in [-0.2, 0) is 19.5 Å². The molecule has 0 spiro atoms. The maximum Gasteiger partial charge on any atom is 0 e. The van der Waals surface area contributed by atoms with E-state index in [1.54, 1.807) is 0 Å². The zero-order chi connectivity index (χ0) is 0. The fourth-order valence-electron chi connectivity index (χ4n) is 0. The Kier molecular flexibility index (Phi) is 22600. The molecule has 0 rings (SSSR count). The van der Waals surface area contributed by atoms with Crippen molar-refractivity contribution in [3.8, 4) is 0 Å². The molecule has 5 nitrogen and oxygen atoms in total. The molecule has 0 aromatic rings. The van der Waals surface area contributed by atoms with Gasteiger partial charge in [-0.1, -0.05) is 0 Å². The minimum atomic E-state index is 0. The zero-order valence-corrected chi connectivity index (χ0v) is 9.03. The van der Waals surface area contributed by atoms with Crippen molar-refractivity contribution in [2.45, 2.75) is 0 Å². The summed E-state index contributed by atoms with van der Waals surface area (Å²) in [4.78, 5) is 0. The van der Waals surface area contributed by atoms with Crippen molar-refractivity contribution in [3.05, 3.63) is 0 Å². The second-order valence-corrected chi connectivity index (χ2v) is 0. The molecule has 0 fully saturated rings. The van der Waals surface area contributed by atoms with Gasteiger partial charge in [0.15, 0.2) is 0 Å². The molecule has 72 valence electrons. The van der Waals surface area contributed by atoms with Gasteiger partial charge < -0.3 is 68.0 Å². The topological polar surface area (TPSA) is 175 Å². The Morgan fingerprint density at radius 1 is 0.333 bits per heavy atom. The molecule has 0 aliphatic carbocycles. The van der Waals surface area contributed by atoms with Gasteiger partial charge in [-0.3, -0.25) is 0 Å². The minimum Gasteiger partial charge on any atom is -1.00 e. The molecule has 0 amide bonds. The van der Waals surface area contributed by atoms with Gasteiger partial charge in [-0.05, 0) is 0 Å². The van der Waals surface area contributed by atoms with Crippen molar-refractivity contribution >= 4 is 0 Å². The Bertz CT molecular complexity index is 12.2. The number of rotatable bonds is 0. The molecule has 0 heterocycles. The summed E-state index contributed by atoms with van der Waals surface area (Å²) in [7, 11) is 0. The largest absolute Gasteiger partial charge is 1.00 e. The molecule has 15 N–H and O–H groups in total. The van der Waals surface area contributed by atoms with E-state index >= 15 is 0 Å². The third kappa shape index (κ3) is 296. The third-order valence-electron chi connectivity index (χ3n) is 0. The van der Waals surface area contributed by atoms with Gasteiger partial charge in [0.1, 0.15) is 0 Å². The van der Waals surface area contributed by atoms with Gasteiger partial charge in [0, 0.05) is 19.5 Å². The fourth-order valence-corrected chi connectivity index (χ4v) is 0. The van der Waals surface area contributed by atoms with Crippen LogP contribution in [0.25, 0.3) is 0 Å². The van der Waals surface area contributed by atoms with Crippen molar-refractivity contribution in [3.63, 3.8) is 0 Å². The van der Waals surface area contributed by atoms with Crippen LogP contribution in [0.2, 0.25) is 0 Å². The Balaban J connectivity index is 0. The molecule has 0 atom stereocenters. The van der Waals surface area contributed by atoms with Crippen molar-refractivity contribution in [1.82, 2.24) is 30.8 Å². The van der Waals surface area contributed by atoms with E-state index in [4.69, 9.17) is 0 Å². The first-order chi connectivity index (χ1) is 0. The maximum atomic E-state index is 0. The first-order valence-corrected chi connectivity index (χ1v) is 0. The minimum absolute atomic E-state index is 0. The maximum absolute atomic E-state index is 0. The second kappa shape index (κ2) is 382. The van der Waals surface area contributed by atoms with E-state index in [0.29, 0.717) is 0 Å². The van der Waals surface area contributed by atoms with E-state index in [9.17, 15) is 0 Å². The van der Waals surface area contributed by atoms with Gasteiger partial charge in [0.25, 0.3) is 0 Å². The summed E-state index contributed by atoms with van der Waals surface area (Å²) in [6.45, 7) is 0. The van der Waals surface area contributed by atoms with E-state index < -0.39 is 0 Å². The Hall–Kier alpha value is 1.29. The van der Waals surface area contributed by atoms with E-state index in [-0.39, 0.29) is 87.5 Å². The summed E-state index contributed by atoms with van der Waals surface area (Å²) in [6.07, 6.45) is 0. The first-order valence-electron chi connectivity index (χ1n) is 0. The average Bonchev–Trinajstić information content (AvgIpc) is 0. The molecule has 9 heavy (non-hydrogen) atoms. The van der Waals surface area contributed by atoms with Gasteiger partial charge in [0.2, 0.25) is 0 Å². The second-order valence-electron chi connectivity index (χ2n) is 0. The fraction of sp³-hybridized carbons (Fsp3) is 0. The standard InChI is InChI=1S/3ClH.5H3N.Ru/h3*1H;5*1H3;/p-3. The molecule has 0 saturated carbocycles. The summed E-state index contributed by atoms with van der Waals surface area (Å²) in [5.74, 6) is 0. The molecule has 0 unspecified atom stereocenters. The Morgan fingerprint density at radius 2 is 0.333 bits per heavy atom. The van der Waals surface area contributed by atoms with Crippen LogP contribution < -0.4 is 68.0 Å². The summed E-state index contributed by atoms with van der Waals surface area (Å²) in [5.41, 5.74) is 0. The molecule has 0 aromatic heterocycles. The summed E-state index contributed by atoms with van der Waals surface area (Å²) in [5, 5.41) is 0. The quantitative estimate of drug-likeness (QED) is 0.278. The van der Waals surface area contributed by atoms with Crippen LogP contribution in [0.15, 0.2) is 0 Å². The van der Waals surface area contributed by atoms with Gasteiger partial charge >= 0.3 is 0 Å². The number of hydrogen-bond donors (Lipinski definition) is 5. The Morgan fingerprint density at radius 3 is 0.333 bits per heavy atom. The monoisotopic (exact) mass is 292 g/mol. The van der Waals surface area contributed by atoms with E-state index in [1.165, 1.54) is 0 Å². The predicted molar refractivity (Wildman–Crippen MR) is 25.1 cm³/mol. The van der Waals surface area contributed by atoms with Gasteiger partial charge in [-0.25, -0.2) is 0 Å². The molecule has 0 radical (unpaired) electrons. The molecule has 0 aliphatic rings. The predicted octanol–water partition coefficient (Wildman–Crippen LogP) is -8.18. The van der Waals surface area contributed by atoms with Crippen molar-refractivity contribution in [1.29, 1.82) is 0 Å². The molecule has 0 aliphatic heterocycles. The van der Waals surface area contributed by atoms with Gasteiger partial charge in [-0.15, -0.1) is 0 Å². The summed E-state index contributed by atoms with van der Waals surface area (Å²) < 4.78 is 0. The normalized spacial score (nSPS) is 0. The number of halogens is 3. The van der Waals surface area contributed by atoms with Crippen molar-refractivity contribution in [2.75, 3.05) is 0 Å². The van der Waals surface area contributed by atoms with Crippen LogP contribution in [-0.4, -0.2) is 0 Å². The van der Waals surface area contributed by atoms with Crippen LogP contribution in [0.1, 0.15) is 0 Å². The van der Waals surface area contributed by atoms with Crippen LogP contribution in [0, 0.1) is 0 Å². The molecule has 0 aromatic carbocycles. The molecular formula is H15Cl3N5Ru-3. The summed E-state index contributed by atoms with van der Waals surface area (Å²) >= 11 is 0. The van der Waals surface area contributed by atoms with Crippen molar-refractivity contribution in [2.24, 2.45) is 0 Å².